The van der Waals surface area contributed by atoms with Crippen LogP contribution < -0.4 is 21.2 Å². The van der Waals surface area contributed by atoms with Gasteiger partial charge in [0.15, 0.2) is 0 Å². The smallest absolute Gasteiger partial charge is 2.00 e. The van der Waals surface area contributed by atoms with Gasteiger partial charge in [0.25, 0.3) is 0 Å². The minimum Gasteiger partial charge on any atom is 2.00 e. The second-order valence-electron chi connectivity index (χ2n) is 8.35. The summed E-state index contributed by atoms with van der Waals surface area (Å²) in [4.78, 5) is 0. The molecule has 0 nitrogen and oxygen atoms in total. The van der Waals surface area contributed by atoms with E-state index >= 15 is 0 Å². The van der Waals surface area contributed by atoms with Gasteiger partial charge in [-0.25, -0.2) is 0 Å². The Morgan fingerprint density at radius 2 is 0.575 bits per heavy atom. The van der Waals surface area contributed by atoms with Crippen LogP contribution in [0.25, 0.3) is 0 Å². The predicted molar refractivity (Wildman–Crippen MR) is 171 cm³/mol. The van der Waals surface area contributed by atoms with Crippen molar-refractivity contribution in [3.63, 3.8) is 0 Å². The summed E-state index contributed by atoms with van der Waals surface area (Å²) in [7, 11) is 8.65. The normalized spacial score (nSPS) is 15.2. The monoisotopic (exact) mass is 683 g/mol. The maximum absolute atomic E-state index is 4.73. The molecule has 10 radical (unpaired) electrons. The fourth-order valence-electron chi connectivity index (χ4n) is 4.23. The molecule has 40 heavy (non-hydrogen) atoms. The van der Waals surface area contributed by atoms with Crippen LogP contribution in [0.15, 0.2) is 121 Å². The number of benzene rings is 4. The van der Waals surface area contributed by atoms with Crippen LogP contribution in [0.1, 0.15) is 0 Å². The molecule has 0 saturated heterocycles. The molecule has 0 unspecified atom stereocenters. The summed E-state index contributed by atoms with van der Waals surface area (Å²) in [6.45, 7) is 0. The Labute approximate surface area is 269 Å². The van der Waals surface area contributed by atoms with Gasteiger partial charge in [-0.05, 0) is 88.4 Å². The summed E-state index contributed by atoms with van der Waals surface area (Å²) in [5.41, 5.74) is 2.84. The van der Waals surface area contributed by atoms with Gasteiger partial charge >= 0.3 is 50.3 Å². The molecule has 203 valence electrons. The number of hydrogen-bond donors (Lipinski definition) is 0. The molecule has 6 heteroatoms. The van der Waals surface area contributed by atoms with E-state index in [1.165, 1.54) is 32.5 Å². The van der Waals surface area contributed by atoms with E-state index in [1.54, 1.807) is 0 Å². The van der Waals surface area contributed by atoms with Crippen molar-refractivity contribution in [1.29, 1.82) is 0 Å². The van der Waals surface area contributed by atoms with Crippen LogP contribution in [-0.4, -0.2) is 0 Å². The Morgan fingerprint density at radius 3 is 0.775 bits per heavy atom. The van der Waals surface area contributed by atoms with Gasteiger partial charge in [-0.1, -0.05) is 121 Å². The number of hydrogen-bond acceptors (Lipinski definition) is 0. The van der Waals surface area contributed by atoms with Crippen molar-refractivity contribution >= 4 is 57.4 Å². The summed E-state index contributed by atoms with van der Waals surface area (Å²) in [6.07, 6.45) is 17.4. The summed E-state index contributed by atoms with van der Waals surface area (Å²) in [6, 6.07) is 43.1. The van der Waals surface area contributed by atoms with Crippen molar-refractivity contribution in [1.82, 2.24) is 0 Å². The molecule has 0 spiro atoms. The first-order valence-electron chi connectivity index (χ1n) is 12.4. The third-order valence-electron chi connectivity index (χ3n) is 5.86. The molecular weight excluding hydrogens is 656 g/mol. The van der Waals surface area contributed by atoms with E-state index in [1.807, 2.05) is 0 Å². The van der Waals surface area contributed by atoms with Gasteiger partial charge in [0.1, 0.15) is 0 Å². The van der Waals surface area contributed by atoms with Gasteiger partial charge in [-0.3, -0.25) is 0 Å². The third kappa shape index (κ3) is 10.3. The Kier molecular flexibility index (Phi) is 16.5. The minimum atomic E-state index is -0.409. The van der Waals surface area contributed by atoms with Crippen LogP contribution in [0.4, 0.5) is 0 Å². The summed E-state index contributed by atoms with van der Waals surface area (Å²) >= 11 is 0.382. The van der Waals surface area contributed by atoms with Gasteiger partial charge in [0.2, 0.25) is 0 Å². The van der Waals surface area contributed by atoms with E-state index in [-0.39, 0.29) is 17.1 Å². The molecule has 0 bridgehead atoms. The van der Waals surface area contributed by atoms with Crippen LogP contribution in [0.5, 0.6) is 0 Å². The molecule has 4 aromatic rings. The molecule has 2 aliphatic carbocycles. The Balaban J connectivity index is 0.000000197. The van der Waals surface area contributed by atoms with Gasteiger partial charge in [-0.15, -0.1) is 0 Å². The predicted octanol–water partition coefficient (Wildman–Crippen LogP) is 8.34. The first kappa shape index (κ1) is 33.8. The fourth-order valence-corrected chi connectivity index (χ4v) is 8.84. The molecule has 2 aliphatic rings. The molecule has 0 aromatic heterocycles. The van der Waals surface area contributed by atoms with Gasteiger partial charge in [-0.2, -0.15) is 0 Å². The van der Waals surface area contributed by atoms with E-state index in [0.717, 1.165) is 0 Å². The molecule has 0 heterocycles. The number of halogens is 2. The van der Waals surface area contributed by atoms with Crippen LogP contribution in [0.3, 0.4) is 0 Å². The maximum Gasteiger partial charge on any atom is 2.00 e. The molecule has 2 fully saturated rings. The average molecular weight is 684 g/mol. The summed E-state index contributed by atoms with van der Waals surface area (Å²) in [5, 5.41) is 5.63. The zero-order valence-corrected chi connectivity index (χ0v) is 26.9. The van der Waals surface area contributed by atoms with Crippen LogP contribution in [0.2, 0.25) is 0 Å². The van der Waals surface area contributed by atoms with E-state index in [9.17, 15) is 0 Å². The largest absolute Gasteiger partial charge is 2.00 e. The molecule has 0 N–H and O–H groups in total. The topological polar surface area (TPSA) is 0 Å². The number of rotatable bonds is 6. The molecule has 2 saturated carbocycles. The van der Waals surface area contributed by atoms with Gasteiger partial charge < -0.3 is 0 Å². The first-order chi connectivity index (χ1) is 19.3. The summed E-state index contributed by atoms with van der Waals surface area (Å²) < 4.78 is 0. The van der Waals surface area contributed by atoms with Gasteiger partial charge in [0, 0.05) is 11.3 Å². The molecule has 6 rings (SSSR count). The fraction of sp³-hybridized carbons (Fsp3) is 0. The van der Waals surface area contributed by atoms with Crippen molar-refractivity contribution in [2.24, 2.45) is 0 Å². The van der Waals surface area contributed by atoms with E-state index < -0.39 is 15.8 Å². The van der Waals surface area contributed by atoms with Gasteiger partial charge in [0.05, 0.1) is 0 Å². The van der Waals surface area contributed by atoms with E-state index in [0.29, 0.717) is 12.9 Å². The molecule has 0 aliphatic heterocycles. The molecule has 0 amide bonds. The molecule has 4 aromatic carbocycles. The van der Waals surface area contributed by atoms with Crippen molar-refractivity contribution in [3.8, 4) is 0 Å². The van der Waals surface area contributed by atoms with Crippen molar-refractivity contribution < 1.29 is 30.0 Å². The first-order valence-corrected chi connectivity index (χ1v) is 17.9. The van der Waals surface area contributed by atoms with E-state index in [2.05, 4.69) is 173 Å². The van der Waals surface area contributed by atoms with Crippen molar-refractivity contribution in [3.05, 3.63) is 184 Å². The Morgan fingerprint density at radius 1 is 0.375 bits per heavy atom. The van der Waals surface area contributed by atoms with Crippen LogP contribution in [0, 0.1) is 62.7 Å². The van der Waals surface area contributed by atoms with Crippen molar-refractivity contribution in [2.45, 2.75) is 0 Å². The SMILES string of the molecule is [CH]1[CH][CH][C](P(c2ccccc2)c2ccccc2)[CH]1.[CH]1[CH][CH][C](P(c2ccccc2)c2ccccc2)[CH]1.[Cl][Co][Cl].[Fe+2]. The minimum absolute atomic E-state index is 0. The standard InChI is InChI=1S/2C17H14P.2ClH.Co.Fe/c2*1-3-9-15(10-4-1)18(17-13-7-8-14-17)16-11-5-2-6-12-16;;;;/h2*1-14H;2*1H;;/q;;;;2*+2/p-2. The zero-order valence-electron chi connectivity index (χ0n) is 21.5. The molecular formula is C34H28Cl2CoFeP2+2. The second kappa shape index (κ2) is 19.5. The second-order valence-corrected chi connectivity index (χ2v) is 14.5. The quantitative estimate of drug-likeness (QED) is 0.142. The van der Waals surface area contributed by atoms with Crippen LogP contribution in [-0.2, 0) is 30.0 Å². The third-order valence-corrected chi connectivity index (χ3v) is 10.8. The van der Waals surface area contributed by atoms with Crippen LogP contribution >= 0.6 is 36.1 Å². The Hall–Kier alpha value is -0.654. The zero-order chi connectivity index (χ0) is 27.1. The maximum atomic E-state index is 4.73. The molecule has 0 atom stereocenters. The average Bonchev–Trinajstić information content (AvgIpc) is 3.72. The Bertz CT molecular complexity index is 1000. The summed E-state index contributed by atoms with van der Waals surface area (Å²) in [5.74, 6) is 0. The van der Waals surface area contributed by atoms with E-state index in [4.69, 9.17) is 20.3 Å². The van der Waals surface area contributed by atoms with Crippen molar-refractivity contribution in [2.75, 3.05) is 0 Å².